The summed E-state index contributed by atoms with van der Waals surface area (Å²) in [5.41, 5.74) is 2.70. The van der Waals surface area contributed by atoms with E-state index in [0.29, 0.717) is 5.92 Å². The van der Waals surface area contributed by atoms with Crippen molar-refractivity contribution in [2.45, 2.75) is 32.3 Å². The fraction of sp³-hybridized carbons (Fsp3) is 0.438. The zero-order valence-electron chi connectivity index (χ0n) is 10.6. The highest BCUT2D eigenvalue weighted by atomic mass is 16.6. The average Bonchev–Trinajstić information content (AvgIpc) is 2.57. The van der Waals surface area contributed by atoms with E-state index < -0.39 is 0 Å². The molecule has 1 aliphatic carbocycles. The molecule has 3 atom stereocenters. The molecular weight excluding hydrogens is 224 g/mol. The van der Waals surface area contributed by atoms with Crippen LogP contribution < -0.4 is 0 Å². The molecule has 0 aromatic heterocycles. The van der Waals surface area contributed by atoms with E-state index in [2.05, 4.69) is 30.3 Å². The van der Waals surface area contributed by atoms with Gasteiger partial charge in [-0.3, -0.25) is 4.79 Å². The minimum atomic E-state index is -0.0124. The third-order valence-electron chi connectivity index (χ3n) is 4.24. The van der Waals surface area contributed by atoms with Gasteiger partial charge in [-0.2, -0.15) is 0 Å². The van der Waals surface area contributed by atoms with Crippen LogP contribution >= 0.6 is 0 Å². The van der Waals surface area contributed by atoms with E-state index in [4.69, 9.17) is 4.74 Å². The van der Waals surface area contributed by atoms with Gasteiger partial charge in [0.15, 0.2) is 0 Å². The summed E-state index contributed by atoms with van der Waals surface area (Å²) < 4.78 is 5.47. The van der Waals surface area contributed by atoms with Gasteiger partial charge in [-0.05, 0) is 30.4 Å². The van der Waals surface area contributed by atoms with E-state index in [0.717, 1.165) is 19.3 Å². The number of hydrogen-bond acceptors (Lipinski definition) is 2. The summed E-state index contributed by atoms with van der Waals surface area (Å²) in [7, 11) is 0. The molecule has 1 aromatic carbocycles. The van der Waals surface area contributed by atoms with Crippen molar-refractivity contribution in [3.05, 3.63) is 42.0 Å². The Morgan fingerprint density at radius 1 is 1.22 bits per heavy atom. The largest absolute Gasteiger partial charge is 0.462 e. The van der Waals surface area contributed by atoms with E-state index >= 15 is 0 Å². The number of fused-ring (bicyclic) bond motifs is 1. The minimum Gasteiger partial charge on any atom is -0.462 e. The summed E-state index contributed by atoms with van der Waals surface area (Å²) in [5.74, 6) is 0.418. The number of rotatable bonds is 1. The van der Waals surface area contributed by atoms with Crippen molar-refractivity contribution in [2.75, 3.05) is 0 Å². The molecule has 94 valence electrons. The van der Waals surface area contributed by atoms with Crippen LogP contribution in [-0.2, 0) is 9.53 Å². The Labute approximate surface area is 108 Å². The van der Waals surface area contributed by atoms with Crippen molar-refractivity contribution < 1.29 is 9.53 Å². The lowest BCUT2D eigenvalue weighted by Gasteiger charge is -2.14. The Bertz CT molecular complexity index is 475. The summed E-state index contributed by atoms with van der Waals surface area (Å²) in [6.45, 7) is 1.99. The molecule has 1 saturated heterocycles. The molecule has 2 aliphatic rings. The first-order valence-corrected chi connectivity index (χ1v) is 6.70. The normalized spacial score (nSPS) is 31.3. The van der Waals surface area contributed by atoms with Gasteiger partial charge in [-0.25, -0.2) is 0 Å². The molecule has 0 N–H and O–H groups in total. The van der Waals surface area contributed by atoms with Crippen LogP contribution in [0.2, 0.25) is 0 Å². The highest BCUT2D eigenvalue weighted by Gasteiger charge is 2.41. The fourth-order valence-corrected chi connectivity index (χ4v) is 3.06. The highest BCUT2D eigenvalue weighted by molar-refractivity contribution is 5.75. The predicted molar refractivity (Wildman–Crippen MR) is 70.8 cm³/mol. The van der Waals surface area contributed by atoms with Gasteiger partial charge in [-0.1, -0.05) is 43.3 Å². The molecule has 0 spiro atoms. The van der Waals surface area contributed by atoms with Crippen LogP contribution in [0.25, 0.3) is 5.57 Å². The zero-order valence-corrected chi connectivity index (χ0v) is 10.6. The van der Waals surface area contributed by atoms with E-state index in [1.807, 2.05) is 13.0 Å². The lowest BCUT2D eigenvalue weighted by atomic mass is 9.88. The summed E-state index contributed by atoms with van der Waals surface area (Å²) in [6.07, 6.45) is 5.36. The fourth-order valence-electron chi connectivity index (χ4n) is 3.06. The Morgan fingerprint density at radius 3 is 2.78 bits per heavy atom. The minimum absolute atomic E-state index is 0.0124. The molecule has 1 aliphatic heterocycles. The van der Waals surface area contributed by atoms with E-state index in [9.17, 15) is 4.79 Å². The van der Waals surface area contributed by atoms with E-state index in [-0.39, 0.29) is 18.0 Å². The second-order valence-corrected chi connectivity index (χ2v) is 5.30. The van der Waals surface area contributed by atoms with Crippen LogP contribution in [0.15, 0.2) is 36.4 Å². The van der Waals surface area contributed by atoms with Crippen LogP contribution in [-0.4, -0.2) is 12.1 Å². The average molecular weight is 242 g/mol. The van der Waals surface area contributed by atoms with Crippen LogP contribution in [0.3, 0.4) is 0 Å². The number of allylic oxidation sites excluding steroid dienone is 2. The van der Waals surface area contributed by atoms with Gasteiger partial charge >= 0.3 is 5.97 Å². The SMILES string of the molecule is C[C@@H]1C(=O)O[C@H]2CCC(c3ccccc3)=CC[C@@H]21. The number of carbonyl (C=O) groups excluding carboxylic acids is 1. The maximum Gasteiger partial charge on any atom is 0.309 e. The number of hydrogen-bond donors (Lipinski definition) is 0. The number of benzene rings is 1. The molecule has 0 saturated carbocycles. The van der Waals surface area contributed by atoms with E-state index in [1.54, 1.807) is 0 Å². The Morgan fingerprint density at radius 2 is 2.00 bits per heavy atom. The number of ether oxygens (including phenoxy) is 1. The summed E-state index contributed by atoms with van der Waals surface area (Å²) in [4.78, 5) is 11.6. The summed E-state index contributed by atoms with van der Waals surface area (Å²) in [5, 5.41) is 0. The van der Waals surface area contributed by atoms with Crippen LogP contribution in [0.1, 0.15) is 31.7 Å². The first kappa shape index (κ1) is 11.5. The van der Waals surface area contributed by atoms with Gasteiger partial charge in [-0.15, -0.1) is 0 Å². The van der Waals surface area contributed by atoms with Crippen molar-refractivity contribution in [1.82, 2.24) is 0 Å². The van der Waals surface area contributed by atoms with Gasteiger partial charge in [0.1, 0.15) is 6.10 Å². The maximum absolute atomic E-state index is 11.6. The molecule has 2 nitrogen and oxygen atoms in total. The first-order valence-electron chi connectivity index (χ1n) is 6.70. The van der Waals surface area contributed by atoms with Crippen LogP contribution in [0, 0.1) is 11.8 Å². The van der Waals surface area contributed by atoms with Gasteiger partial charge in [0, 0.05) is 5.92 Å². The third-order valence-corrected chi connectivity index (χ3v) is 4.24. The van der Waals surface area contributed by atoms with E-state index in [1.165, 1.54) is 11.1 Å². The smallest absolute Gasteiger partial charge is 0.309 e. The molecular formula is C16H18O2. The van der Waals surface area contributed by atoms with Crippen LogP contribution in [0.5, 0.6) is 0 Å². The van der Waals surface area contributed by atoms with Crippen molar-refractivity contribution in [3.63, 3.8) is 0 Å². The van der Waals surface area contributed by atoms with Gasteiger partial charge in [0.2, 0.25) is 0 Å². The molecule has 1 fully saturated rings. The predicted octanol–water partition coefficient (Wildman–Crippen LogP) is 3.43. The number of carbonyl (C=O) groups is 1. The Kier molecular flexibility index (Phi) is 2.94. The first-order chi connectivity index (χ1) is 8.75. The molecule has 2 heteroatoms. The molecule has 0 unspecified atom stereocenters. The maximum atomic E-state index is 11.6. The molecule has 0 radical (unpaired) electrons. The second-order valence-electron chi connectivity index (χ2n) is 5.30. The monoisotopic (exact) mass is 242 g/mol. The zero-order chi connectivity index (χ0) is 12.5. The molecule has 18 heavy (non-hydrogen) atoms. The summed E-state index contributed by atoms with van der Waals surface area (Å²) >= 11 is 0. The lowest BCUT2D eigenvalue weighted by Crippen LogP contribution is -2.17. The molecule has 0 amide bonds. The molecule has 1 heterocycles. The standard InChI is InChI=1S/C16H18O2/c1-11-14-9-7-13(12-5-3-2-4-6-12)8-10-15(14)18-16(11)17/h2-7,11,14-15H,8-10H2,1H3/t11-,14+,15-/m0/s1. The van der Waals surface area contributed by atoms with Crippen molar-refractivity contribution >= 4 is 11.5 Å². The topological polar surface area (TPSA) is 26.3 Å². The molecule has 1 aromatic rings. The van der Waals surface area contributed by atoms with Gasteiger partial charge in [0.05, 0.1) is 5.92 Å². The quantitative estimate of drug-likeness (QED) is 0.705. The van der Waals surface area contributed by atoms with Crippen molar-refractivity contribution in [1.29, 1.82) is 0 Å². The third kappa shape index (κ3) is 1.96. The molecule has 0 bridgehead atoms. The van der Waals surface area contributed by atoms with Gasteiger partial charge in [0.25, 0.3) is 0 Å². The number of esters is 1. The highest BCUT2D eigenvalue weighted by Crippen LogP contribution is 2.38. The molecule has 3 rings (SSSR count). The summed E-state index contributed by atoms with van der Waals surface area (Å²) in [6, 6.07) is 10.5. The second kappa shape index (κ2) is 4.60. The van der Waals surface area contributed by atoms with Gasteiger partial charge < -0.3 is 4.74 Å². The Balaban J connectivity index is 1.82. The lowest BCUT2D eigenvalue weighted by molar-refractivity contribution is -0.144. The van der Waals surface area contributed by atoms with Crippen LogP contribution in [0.4, 0.5) is 0 Å². The van der Waals surface area contributed by atoms with Crippen molar-refractivity contribution in [3.8, 4) is 0 Å². The van der Waals surface area contributed by atoms with Crippen molar-refractivity contribution in [2.24, 2.45) is 11.8 Å². The Hall–Kier alpha value is -1.57.